The van der Waals surface area contributed by atoms with Crippen LogP contribution in [0.15, 0.2) is 18.3 Å². The van der Waals surface area contributed by atoms with Gasteiger partial charge >= 0.3 is 0 Å². The van der Waals surface area contributed by atoms with Gasteiger partial charge in [-0.25, -0.2) is 0 Å². The van der Waals surface area contributed by atoms with Crippen molar-refractivity contribution < 1.29 is 5.11 Å². The van der Waals surface area contributed by atoms with Gasteiger partial charge in [-0.3, -0.25) is 4.68 Å². The number of rotatable bonds is 3. The van der Waals surface area contributed by atoms with Crippen molar-refractivity contribution >= 4 is 0 Å². The summed E-state index contributed by atoms with van der Waals surface area (Å²) in [5, 5.41) is 22.6. The molecule has 0 saturated heterocycles. The van der Waals surface area contributed by atoms with Crippen molar-refractivity contribution in [2.24, 2.45) is 7.05 Å². The third kappa shape index (κ3) is 2.34. The molecule has 0 bridgehead atoms. The van der Waals surface area contributed by atoms with Crippen LogP contribution in [-0.2, 0) is 13.5 Å². The zero-order valence-electron chi connectivity index (χ0n) is 10.3. The van der Waals surface area contributed by atoms with E-state index in [1.807, 2.05) is 33.2 Å². The molecule has 0 aliphatic rings. The lowest BCUT2D eigenvalue weighted by atomic mass is 10.0. The van der Waals surface area contributed by atoms with E-state index in [9.17, 15) is 5.11 Å². The average Bonchev–Trinajstić information content (AvgIpc) is 2.75. The third-order valence-electron chi connectivity index (χ3n) is 2.67. The summed E-state index contributed by atoms with van der Waals surface area (Å²) in [6.07, 6.45) is 1.82. The molecule has 2 rings (SSSR count). The molecule has 5 nitrogen and oxygen atoms in total. The Kier molecular flexibility index (Phi) is 3.19. The molecule has 0 fully saturated rings. The van der Waals surface area contributed by atoms with Gasteiger partial charge in [0.15, 0.2) is 0 Å². The van der Waals surface area contributed by atoms with Gasteiger partial charge in [0.25, 0.3) is 0 Å². The molecule has 1 unspecified atom stereocenters. The highest BCUT2D eigenvalue weighted by molar-refractivity contribution is 5.29. The van der Waals surface area contributed by atoms with E-state index in [2.05, 4.69) is 15.3 Å². The van der Waals surface area contributed by atoms with Crippen LogP contribution < -0.4 is 0 Å². The third-order valence-corrected chi connectivity index (χ3v) is 2.67. The molecule has 0 amide bonds. The molecule has 1 atom stereocenters. The van der Waals surface area contributed by atoms with Gasteiger partial charge in [-0.15, -0.1) is 0 Å². The minimum atomic E-state index is -0.736. The first-order valence-corrected chi connectivity index (χ1v) is 5.62. The number of aromatic nitrogens is 4. The first-order chi connectivity index (χ1) is 8.11. The van der Waals surface area contributed by atoms with Gasteiger partial charge in [0, 0.05) is 18.8 Å². The quantitative estimate of drug-likeness (QED) is 0.862. The maximum atomic E-state index is 10.3. The van der Waals surface area contributed by atoms with Crippen LogP contribution >= 0.6 is 0 Å². The molecule has 0 aliphatic heterocycles. The van der Waals surface area contributed by atoms with Crippen LogP contribution in [0, 0.1) is 6.92 Å². The lowest BCUT2D eigenvalue weighted by molar-refractivity contribution is 0.212. The second-order valence-electron chi connectivity index (χ2n) is 4.06. The number of hydrogen-bond acceptors (Lipinski definition) is 4. The van der Waals surface area contributed by atoms with Crippen LogP contribution in [0.4, 0.5) is 0 Å². The molecule has 2 aromatic heterocycles. The molecule has 1 N–H and O–H groups in total. The lowest BCUT2D eigenvalue weighted by Crippen LogP contribution is -2.08. The first kappa shape index (κ1) is 11.7. The number of nitrogens with zero attached hydrogens (tertiary/aromatic N) is 4. The van der Waals surface area contributed by atoms with Gasteiger partial charge < -0.3 is 5.11 Å². The van der Waals surface area contributed by atoms with Crippen LogP contribution in [0.25, 0.3) is 0 Å². The predicted octanol–water partition coefficient (Wildman–Crippen LogP) is 1.16. The van der Waals surface area contributed by atoms with E-state index < -0.39 is 6.10 Å². The largest absolute Gasteiger partial charge is 0.382 e. The van der Waals surface area contributed by atoms with Crippen molar-refractivity contribution in [2.45, 2.75) is 26.4 Å². The molecule has 17 heavy (non-hydrogen) atoms. The van der Waals surface area contributed by atoms with Crippen molar-refractivity contribution in [2.75, 3.05) is 0 Å². The van der Waals surface area contributed by atoms with Crippen molar-refractivity contribution in [3.63, 3.8) is 0 Å². The molecule has 90 valence electrons. The fourth-order valence-electron chi connectivity index (χ4n) is 1.78. The smallest absolute Gasteiger partial charge is 0.125 e. The fraction of sp³-hybridized carbons (Fsp3) is 0.417. The summed E-state index contributed by atoms with van der Waals surface area (Å²) in [7, 11) is 1.83. The van der Waals surface area contributed by atoms with E-state index in [0.29, 0.717) is 5.69 Å². The zero-order chi connectivity index (χ0) is 12.4. The Hall–Kier alpha value is -1.75. The monoisotopic (exact) mass is 232 g/mol. The lowest BCUT2D eigenvalue weighted by Gasteiger charge is -2.12. The van der Waals surface area contributed by atoms with Gasteiger partial charge in [0.05, 0.1) is 17.1 Å². The summed E-state index contributed by atoms with van der Waals surface area (Å²) in [6, 6.07) is 3.67. The number of hydrogen-bond donors (Lipinski definition) is 1. The normalized spacial score (nSPS) is 12.7. The van der Waals surface area contributed by atoms with Gasteiger partial charge in [-0.1, -0.05) is 6.92 Å². The van der Waals surface area contributed by atoms with E-state index in [4.69, 9.17) is 0 Å². The van der Waals surface area contributed by atoms with Gasteiger partial charge in [-0.2, -0.15) is 15.3 Å². The molecule has 0 spiro atoms. The van der Waals surface area contributed by atoms with Gasteiger partial charge in [0.2, 0.25) is 0 Å². The number of aliphatic hydroxyl groups is 1. The van der Waals surface area contributed by atoms with Crippen molar-refractivity contribution in [3.8, 4) is 0 Å². The number of aryl methyl sites for hydroxylation is 3. The Morgan fingerprint density at radius 3 is 2.76 bits per heavy atom. The summed E-state index contributed by atoms with van der Waals surface area (Å²) in [5.41, 5.74) is 3.04. The van der Waals surface area contributed by atoms with E-state index in [1.165, 1.54) is 0 Å². The fourth-order valence-corrected chi connectivity index (χ4v) is 1.78. The summed E-state index contributed by atoms with van der Waals surface area (Å²) in [6.45, 7) is 3.86. The topological polar surface area (TPSA) is 63.8 Å². The predicted molar refractivity (Wildman–Crippen MR) is 63.4 cm³/mol. The molecule has 0 radical (unpaired) electrons. The van der Waals surface area contributed by atoms with E-state index in [-0.39, 0.29) is 0 Å². The van der Waals surface area contributed by atoms with Crippen molar-refractivity contribution in [1.82, 2.24) is 20.0 Å². The first-order valence-electron chi connectivity index (χ1n) is 5.62. The summed E-state index contributed by atoms with van der Waals surface area (Å²) >= 11 is 0. The van der Waals surface area contributed by atoms with Crippen LogP contribution in [0.1, 0.15) is 35.7 Å². The molecule has 0 aliphatic carbocycles. The second kappa shape index (κ2) is 4.63. The Balaban J connectivity index is 2.42. The van der Waals surface area contributed by atoms with Crippen LogP contribution in [-0.4, -0.2) is 25.1 Å². The SMILES string of the molecule is CCc1nnc(C)cc1C(O)c1ccn(C)n1. The van der Waals surface area contributed by atoms with Crippen molar-refractivity contribution in [3.05, 3.63) is 41.0 Å². The molecular formula is C12H16N4O. The molecule has 0 saturated carbocycles. The summed E-state index contributed by atoms with van der Waals surface area (Å²) in [4.78, 5) is 0. The number of aliphatic hydroxyl groups excluding tert-OH is 1. The van der Waals surface area contributed by atoms with Crippen molar-refractivity contribution in [1.29, 1.82) is 0 Å². The Morgan fingerprint density at radius 1 is 1.41 bits per heavy atom. The molecule has 2 heterocycles. The standard InChI is InChI=1S/C12H16N4O/c1-4-10-9(7-8(2)13-14-10)12(17)11-5-6-16(3)15-11/h5-7,12,17H,4H2,1-3H3. The summed E-state index contributed by atoms with van der Waals surface area (Å²) < 4.78 is 1.67. The highest BCUT2D eigenvalue weighted by Gasteiger charge is 2.17. The minimum absolute atomic E-state index is 0.634. The Labute approximate surface area is 100 Å². The second-order valence-corrected chi connectivity index (χ2v) is 4.06. The Bertz CT molecular complexity index is 521. The minimum Gasteiger partial charge on any atom is -0.382 e. The average molecular weight is 232 g/mol. The maximum absolute atomic E-state index is 10.3. The van der Waals surface area contributed by atoms with Gasteiger partial charge in [0.1, 0.15) is 6.10 Å². The molecular weight excluding hydrogens is 216 g/mol. The molecule has 2 aromatic rings. The van der Waals surface area contributed by atoms with E-state index in [0.717, 1.165) is 23.4 Å². The van der Waals surface area contributed by atoms with E-state index >= 15 is 0 Å². The van der Waals surface area contributed by atoms with Gasteiger partial charge in [-0.05, 0) is 25.5 Å². The van der Waals surface area contributed by atoms with E-state index in [1.54, 1.807) is 10.7 Å². The molecule has 0 aromatic carbocycles. The van der Waals surface area contributed by atoms with Crippen LogP contribution in [0.2, 0.25) is 0 Å². The maximum Gasteiger partial charge on any atom is 0.125 e. The van der Waals surface area contributed by atoms with Crippen LogP contribution in [0.3, 0.4) is 0 Å². The molecule has 5 heteroatoms. The zero-order valence-corrected chi connectivity index (χ0v) is 10.3. The highest BCUT2D eigenvalue weighted by Crippen LogP contribution is 2.23. The highest BCUT2D eigenvalue weighted by atomic mass is 16.3. The Morgan fingerprint density at radius 2 is 2.18 bits per heavy atom. The summed E-state index contributed by atoms with van der Waals surface area (Å²) in [5.74, 6) is 0. The van der Waals surface area contributed by atoms with Crippen LogP contribution in [0.5, 0.6) is 0 Å².